The second-order valence-electron chi connectivity index (χ2n) is 0. The molecule has 4 heteroatoms. The first-order valence-electron chi connectivity index (χ1n) is 0. The molecule has 0 aromatic carbocycles. The molecule has 0 rings (SSSR count). The van der Waals surface area contributed by atoms with Crippen LogP contribution in [0, 0.1) is 0 Å². The SMILES string of the molecule is [Ga+3].[Ga+3].[N-3].[SbH6-3]. The van der Waals surface area contributed by atoms with Crippen LogP contribution in [0.5, 0.6) is 0 Å². The summed E-state index contributed by atoms with van der Waals surface area (Å²) in [6.07, 6.45) is 0. The fourth-order valence-corrected chi connectivity index (χ4v) is 0. The van der Waals surface area contributed by atoms with Crippen molar-refractivity contribution in [1.82, 2.24) is 0 Å². The molecule has 0 radical (unpaired) electrons. The third-order valence-electron chi connectivity index (χ3n) is 0. The topological polar surface area (TPSA) is 30.5 Å². The van der Waals surface area contributed by atoms with Crippen molar-refractivity contribution in [2.24, 2.45) is 0 Å². The van der Waals surface area contributed by atoms with Crippen molar-refractivity contribution in [2.75, 3.05) is 0 Å². The number of hydrogen-bond donors (Lipinski definition) is 0. The maximum atomic E-state index is 0. The minimum atomic E-state index is 0. The van der Waals surface area contributed by atoms with Crippen molar-refractivity contribution >= 4 is 64.0 Å². The Kier molecular flexibility index (Phi) is 181. The van der Waals surface area contributed by atoms with Gasteiger partial charge >= 0.3 is 64.0 Å². The first-order chi connectivity index (χ1) is 0. The monoisotopic (exact) mass is 279 g/mol. The van der Waals surface area contributed by atoms with E-state index in [1.54, 1.807) is 0 Å². The predicted molar refractivity (Wildman–Crippen MR) is 29.0 cm³/mol. The van der Waals surface area contributed by atoms with E-state index in [1.807, 2.05) is 0 Å². The number of hydrogen-bond acceptors (Lipinski definition) is 0. The van der Waals surface area contributed by atoms with E-state index >= 15 is 0 Å². The van der Waals surface area contributed by atoms with Gasteiger partial charge in [-0.3, -0.25) is 0 Å². The summed E-state index contributed by atoms with van der Waals surface area (Å²) in [5.41, 5.74) is 0. The standard InChI is InChI=1S/2Ga.N.Sb.6H/q2*+3;2*-3;;;;;;. The van der Waals surface area contributed by atoms with Crippen LogP contribution >= 0.6 is 0 Å². The fourth-order valence-electron chi connectivity index (χ4n) is 0. The Labute approximate surface area is 69.4 Å². The summed E-state index contributed by atoms with van der Waals surface area (Å²) < 4.78 is 0. The Morgan fingerprint density at radius 1 is 0.750 bits per heavy atom. The first-order valence-corrected chi connectivity index (χ1v) is 0. The average Bonchev–Trinajstić information content (AvgIpc) is 0. The maximum absolute atomic E-state index is 0. The van der Waals surface area contributed by atoms with E-state index in [2.05, 4.69) is 0 Å². The second kappa shape index (κ2) is 19.7. The quantitative estimate of drug-likeness (QED) is 0.441. The Balaban J connectivity index is 0. The average molecular weight is 281 g/mol. The van der Waals surface area contributed by atoms with Gasteiger partial charge in [0.1, 0.15) is 0 Å². The Morgan fingerprint density at radius 2 is 0.750 bits per heavy atom. The van der Waals surface area contributed by atoms with Crippen LogP contribution in [0.1, 0.15) is 0 Å². The molecule has 1 nitrogen and oxygen atoms in total. The molecule has 0 bridgehead atoms. The first kappa shape index (κ1) is 36.7. The van der Waals surface area contributed by atoms with Gasteiger partial charge in [0, 0.05) is 0 Å². The van der Waals surface area contributed by atoms with Crippen molar-refractivity contribution in [3.05, 3.63) is 6.15 Å². The molecule has 0 atom stereocenters. The van der Waals surface area contributed by atoms with Crippen molar-refractivity contribution in [3.8, 4) is 0 Å². The van der Waals surface area contributed by atoms with Crippen molar-refractivity contribution < 1.29 is 0 Å². The number of rotatable bonds is 0. The zero-order valence-electron chi connectivity index (χ0n) is 1.60. The summed E-state index contributed by atoms with van der Waals surface area (Å²) in [5.74, 6) is 0. The molecule has 0 fully saturated rings. The van der Waals surface area contributed by atoms with Gasteiger partial charge in [-0.25, -0.2) is 0 Å². The van der Waals surface area contributed by atoms with Gasteiger partial charge in [-0.15, -0.1) is 0 Å². The molecular weight excluding hydrogens is 275 g/mol. The van der Waals surface area contributed by atoms with Crippen molar-refractivity contribution in [2.45, 2.75) is 0 Å². The second-order valence-corrected chi connectivity index (χ2v) is 0. The van der Waals surface area contributed by atoms with E-state index in [-0.39, 0.29) is 70.2 Å². The van der Waals surface area contributed by atoms with Crippen LogP contribution in [0.4, 0.5) is 0 Å². The molecule has 0 aliphatic heterocycles. The van der Waals surface area contributed by atoms with Crippen LogP contribution in [0.15, 0.2) is 0 Å². The molecule has 0 N–H and O–H groups in total. The van der Waals surface area contributed by atoms with Gasteiger partial charge in [0.2, 0.25) is 0 Å². The van der Waals surface area contributed by atoms with Crippen LogP contribution in [-0.2, 0) is 0 Å². The van der Waals surface area contributed by atoms with Crippen molar-refractivity contribution in [3.63, 3.8) is 0 Å². The van der Waals surface area contributed by atoms with Gasteiger partial charge in [0.25, 0.3) is 0 Å². The van der Waals surface area contributed by atoms with Gasteiger partial charge in [0.05, 0.1) is 0 Å². The van der Waals surface area contributed by atoms with E-state index in [1.165, 1.54) is 0 Å². The summed E-state index contributed by atoms with van der Waals surface area (Å²) in [5, 5.41) is 0. The van der Waals surface area contributed by atoms with Gasteiger partial charge in [-0.2, -0.15) is 0 Å². The Bertz CT molecular complexity index is 6.00. The summed E-state index contributed by atoms with van der Waals surface area (Å²) in [6.45, 7) is 0. The molecule has 22 valence electrons. The van der Waals surface area contributed by atoms with E-state index < -0.39 is 0 Å². The van der Waals surface area contributed by atoms with Crippen LogP contribution < -0.4 is 0 Å². The van der Waals surface area contributed by atoms with Gasteiger partial charge < -0.3 is 6.15 Å². The predicted octanol–water partition coefficient (Wildman–Crippen LogP) is -2.46. The zero-order chi connectivity index (χ0) is 0. The van der Waals surface area contributed by atoms with E-state index in [9.17, 15) is 0 Å². The van der Waals surface area contributed by atoms with E-state index in [0.29, 0.717) is 0 Å². The van der Waals surface area contributed by atoms with Crippen LogP contribution in [0.3, 0.4) is 0 Å². The minimum absolute atomic E-state index is 0. The van der Waals surface area contributed by atoms with Crippen LogP contribution in [0.25, 0.3) is 6.15 Å². The van der Waals surface area contributed by atoms with Gasteiger partial charge in [-0.1, -0.05) is 0 Å². The van der Waals surface area contributed by atoms with Crippen LogP contribution in [0.2, 0.25) is 0 Å². The normalized spacial score (nSPS) is 0. The molecule has 0 aromatic rings. The molecule has 0 aliphatic rings. The van der Waals surface area contributed by atoms with E-state index in [4.69, 9.17) is 0 Å². The molecule has 0 aromatic heterocycles. The van der Waals surface area contributed by atoms with E-state index in [0.717, 1.165) is 0 Å². The molecule has 0 saturated heterocycles. The van der Waals surface area contributed by atoms with Crippen molar-refractivity contribution in [1.29, 1.82) is 0 Å². The molecule has 0 unspecified atom stereocenters. The summed E-state index contributed by atoms with van der Waals surface area (Å²) >= 11 is 0. The fraction of sp³-hybridized carbons (Fsp3) is 0. The van der Waals surface area contributed by atoms with Gasteiger partial charge in [0.15, 0.2) is 0 Å². The summed E-state index contributed by atoms with van der Waals surface area (Å²) in [4.78, 5) is 0. The summed E-state index contributed by atoms with van der Waals surface area (Å²) in [6, 6.07) is 0. The summed E-state index contributed by atoms with van der Waals surface area (Å²) in [7, 11) is 0. The molecule has 0 spiro atoms. The Morgan fingerprint density at radius 3 is 0.750 bits per heavy atom. The molecule has 0 aliphatic carbocycles. The third kappa shape index (κ3) is 8.96. The zero-order valence-corrected chi connectivity index (χ0v) is 6.45. The molecule has 0 heterocycles. The van der Waals surface area contributed by atoms with Gasteiger partial charge in [-0.05, 0) is 0 Å². The molecule has 0 saturated carbocycles. The molecule has 4 heavy (non-hydrogen) atoms. The third-order valence-corrected chi connectivity index (χ3v) is 0. The van der Waals surface area contributed by atoms with Crippen LogP contribution in [-0.4, -0.2) is 64.0 Å². The molecule has 0 amide bonds. The molecular formula is H6Ga2NSb. The number of nitrogens with zero attached hydrogens (tertiary/aromatic N) is 1. The Hall–Kier alpha value is 2.05.